The molecule has 3 N–H and O–H groups in total. The fraction of sp³-hybridized carbons (Fsp3) is 0. The standard InChI is InChI=1S/C14H11ClN2O3/c15-12-4-2-1-3-9(12)8-16-17-14(20)11-6-5-10(18)7-13(11)19/h1-8,18-19H,(H,17,20). The molecular formula is C14H11ClN2O3. The lowest BCUT2D eigenvalue weighted by molar-refractivity contribution is 0.0952. The fourth-order valence-electron chi connectivity index (χ4n) is 1.51. The van der Waals surface area contributed by atoms with Crippen molar-refractivity contribution in [2.45, 2.75) is 0 Å². The Bertz CT molecular complexity index is 671. The summed E-state index contributed by atoms with van der Waals surface area (Å²) in [6.45, 7) is 0. The number of aromatic hydroxyl groups is 2. The van der Waals surface area contributed by atoms with Crippen molar-refractivity contribution < 1.29 is 15.0 Å². The van der Waals surface area contributed by atoms with E-state index in [0.29, 0.717) is 10.6 Å². The van der Waals surface area contributed by atoms with E-state index in [2.05, 4.69) is 10.5 Å². The van der Waals surface area contributed by atoms with Crippen molar-refractivity contribution in [1.29, 1.82) is 0 Å². The Morgan fingerprint density at radius 2 is 1.95 bits per heavy atom. The monoisotopic (exact) mass is 290 g/mol. The van der Waals surface area contributed by atoms with Gasteiger partial charge in [-0.05, 0) is 18.2 Å². The van der Waals surface area contributed by atoms with Gasteiger partial charge in [-0.15, -0.1) is 0 Å². The smallest absolute Gasteiger partial charge is 0.275 e. The predicted molar refractivity (Wildman–Crippen MR) is 76.3 cm³/mol. The zero-order chi connectivity index (χ0) is 14.5. The van der Waals surface area contributed by atoms with Gasteiger partial charge in [0.15, 0.2) is 0 Å². The molecule has 0 unspecified atom stereocenters. The number of hydrazone groups is 1. The first-order valence-corrected chi connectivity index (χ1v) is 6.05. The summed E-state index contributed by atoms with van der Waals surface area (Å²) < 4.78 is 0. The number of phenols is 2. The van der Waals surface area contributed by atoms with Gasteiger partial charge in [-0.2, -0.15) is 5.10 Å². The molecule has 2 aromatic carbocycles. The number of carbonyl (C=O) groups excluding carboxylic acids is 1. The summed E-state index contributed by atoms with van der Waals surface area (Å²) in [6.07, 6.45) is 1.40. The first-order chi connectivity index (χ1) is 9.58. The minimum absolute atomic E-state index is 0.0131. The largest absolute Gasteiger partial charge is 0.508 e. The molecule has 0 fully saturated rings. The van der Waals surface area contributed by atoms with Gasteiger partial charge in [0.1, 0.15) is 11.5 Å². The Kier molecular flexibility index (Phi) is 4.22. The van der Waals surface area contributed by atoms with Crippen LogP contribution in [-0.4, -0.2) is 22.3 Å². The van der Waals surface area contributed by atoms with Gasteiger partial charge in [0.05, 0.1) is 11.8 Å². The minimum Gasteiger partial charge on any atom is -0.508 e. The quantitative estimate of drug-likeness (QED) is 0.600. The summed E-state index contributed by atoms with van der Waals surface area (Å²) in [4.78, 5) is 11.8. The second-order valence-electron chi connectivity index (χ2n) is 3.92. The summed E-state index contributed by atoms with van der Waals surface area (Å²) in [7, 11) is 0. The van der Waals surface area contributed by atoms with E-state index in [1.165, 1.54) is 18.3 Å². The molecule has 0 aromatic heterocycles. The summed E-state index contributed by atoms with van der Waals surface area (Å²) in [5, 5.41) is 22.9. The number of hydrogen-bond acceptors (Lipinski definition) is 4. The van der Waals surface area contributed by atoms with Crippen molar-refractivity contribution in [2.75, 3.05) is 0 Å². The number of halogens is 1. The lowest BCUT2D eigenvalue weighted by atomic mass is 10.2. The van der Waals surface area contributed by atoms with Crippen LogP contribution in [0.25, 0.3) is 0 Å². The lowest BCUT2D eigenvalue weighted by Crippen LogP contribution is -2.17. The van der Waals surface area contributed by atoms with E-state index in [0.717, 1.165) is 6.07 Å². The average molecular weight is 291 g/mol. The van der Waals surface area contributed by atoms with Crippen molar-refractivity contribution >= 4 is 23.7 Å². The van der Waals surface area contributed by atoms with E-state index in [4.69, 9.17) is 16.7 Å². The fourth-order valence-corrected chi connectivity index (χ4v) is 1.70. The van der Waals surface area contributed by atoms with Gasteiger partial charge in [0.2, 0.25) is 0 Å². The summed E-state index contributed by atoms with van der Waals surface area (Å²) in [5.41, 5.74) is 2.94. The zero-order valence-corrected chi connectivity index (χ0v) is 11.0. The van der Waals surface area contributed by atoms with Crippen LogP contribution in [0.2, 0.25) is 5.02 Å². The van der Waals surface area contributed by atoms with E-state index in [1.807, 2.05) is 0 Å². The SMILES string of the molecule is O=C(NN=Cc1ccccc1Cl)c1ccc(O)cc1O. The normalized spacial score (nSPS) is 10.7. The minimum atomic E-state index is -0.592. The van der Waals surface area contributed by atoms with Crippen LogP contribution in [0.4, 0.5) is 0 Å². The molecule has 0 heterocycles. The molecule has 102 valence electrons. The van der Waals surface area contributed by atoms with Crippen LogP contribution in [0, 0.1) is 0 Å². The molecule has 0 aliphatic heterocycles. The van der Waals surface area contributed by atoms with Gasteiger partial charge in [-0.1, -0.05) is 29.8 Å². The number of carbonyl (C=O) groups is 1. The molecule has 20 heavy (non-hydrogen) atoms. The van der Waals surface area contributed by atoms with Crippen molar-refractivity contribution in [3.05, 3.63) is 58.6 Å². The lowest BCUT2D eigenvalue weighted by Gasteiger charge is -2.03. The van der Waals surface area contributed by atoms with Gasteiger partial charge in [-0.25, -0.2) is 5.43 Å². The number of hydrogen-bond donors (Lipinski definition) is 3. The van der Waals surface area contributed by atoms with Crippen LogP contribution < -0.4 is 5.43 Å². The Balaban J connectivity index is 2.07. The highest BCUT2D eigenvalue weighted by Crippen LogP contribution is 2.22. The number of benzene rings is 2. The van der Waals surface area contributed by atoms with Gasteiger partial charge in [0.25, 0.3) is 5.91 Å². The molecule has 2 aromatic rings. The molecule has 0 saturated heterocycles. The topological polar surface area (TPSA) is 81.9 Å². The third kappa shape index (κ3) is 3.27. The maximum Gasteiger partial charge on any atom is 0.275 e. The number of rotatable bonds is 3. The highest BCUT2D eigenvalue weighted by molar-refractivity contribution is 6.33. The van der Waals surface area contributed by atoms with Crippen LogP contribution in [0.5, 0.6) is 11.5 Å². The molecule has 0 aliphatic rings. The van der Waals surface area contributed by atoms with Crippen molar-refractivity contribution in [1.82, 2.24) is 5.43 Å². The molecule has 0 bridgehead atoms. The first-order valence-electron chi connectivity index (χ1n) is 5.68. The molecule has 0 saturated carbocycles. The molecule has 5 nitrogen and oxygen atoms in total. The van der Waals surface area contributed by atoms with E-state index in [1.54, 1.807) is 24.3 Å². The third-order valence-electron chi connectivity index (χ3n) is 2.50. The molecule has 0 radical (unpaired) electrons. The van der Waals surface area contributed by atoms with Crippen LogP contribution in [-0.2, 0) is 0 Å². The third-order valence-corrected chi connectivity index (χ3v) is 2.85. The maximum absolute atomic E-state index is 11.8. The molecule has 6 heteroatoms. The highest BCUT2D eigenvalue weighted by atomic mass is 35.5. The molecule has 0 spiro atoms. The second kappa shape index (κ2) is 6.08. The van der Waals surface area contributed by atoms with Gasteiger partial charge >= 0.3 is 0 Å². The van der Waals surface area contributed by atoms with Crippen LogP contribution in [0.15, 0.2) is 47.6 Å². The van der Waals surface area contributed by atoms with Gasteiger partial charge in [0, 0.05) is 16.7 Å². The van der Waals surface area contributed by atoms with Crippen molar-refractivity contribution in [2.24, 2.45) is 5.10 Å². The van der Waals surface area contributed by atoms with Gasteiger partial charge in [-0.3, -0.25) is 4.79 Å². The Morgan fingerprint density at radius 1 is 1.20 bits per heavy atom. The summed E-state index contributed by atoms with van der Waals surface area (Å²) in [6, 6.07) is 10.7. The predicted octanol–water partition coefficient (Wildman–Crippen LogP) is 2.52. The summed E-state index contributed by atoms with van der Waals surface area (Å²) >= 11 is 5.93. The summed E-state index contributed by atoms with van der Waals surface area (Å²) in [5.74, 6) is -1.04. The Morgan fingerprint density at radius 3 is 2.65 bits per heavy atom. The second-order valence-corrected chi connectivity index (χ2v) is 4.33. The van der Waals surface area contributed by atoms with E-state index < -0.39 is 5.91 Å². The molecule has 0 atom stereocenters. The average Bonchev–Trinajstić information content (AvgIpc) is 2.40. The number of nitrogens with one attached hydrogen (secondary N) is 1. The Labute approximate surface area is 120 Å². The molecule has 2 rings (SSSR count). The highest BCUT2D eigenvalue weighted by Gasteiger charge is 2.10. The van der Waals surface area contributed by atoms with Crippen molar-refractivity contribution in [3.63, 3.8) is 0 Å². The van der Waals surface area contributed by atoms with Crippen molar-refractivity contribution in [3.8, 4) is 11.5 Å². The zero-order valence-electron chi connectivity index (χ0n) is 10.2. The Hall–Kier alpha value is -2.53. The number of phenolic OH excluding ortho intramolecular Hbond substituents is 2. The molecule has 1 amide bonds. The molecule has 0 aliphatic carbocycles. The van der Waals surface area contributed by atoms with Crippen LogP contribution in [0.3, 0.4) is 0 Å². The maximum atomic E-state index is 11.8. The first kappa shape index (κ1) is 13.9. The molecular weight excluding hydrogens is 280 g/mol. The number of nitrogens with zero attached hydrogens (tertiary/aromatic N) is 1. The van der Waals surface area contributed by atoms with E-state index in [9.17, 15) is 9.90 Å². The van der Waals surface area contributed by atoms with E-state index >= 15 is 0 Å². The van der Waals surface area contributed by atoms with Crippen LogP contribution in [0.1, 0.15) is 15.9 Å². The van der Waals surface area contributed by atoms with Gasteiger partial charge < -0.3 is 10.2 Å². The van der Waals surface area contributed by atoms with E-state index in [-0.39, 0.29) is 17.1 Å². The number of amides is 1. The van der Waals surface area contributed by atoms with Crippen LogP contribution >= 0.6 is 11.6 Å².